The lowest BCUT2D eigenvalue weighted by Gasteiger charge is -2.24. The van der Waals surface area contributed by atoms with E-state index < -0.39 is 17.8 Å². The van der Waals surface area contributed by atoms with E-state index in [1.54, 1.807) is 24.3 Å². The molecule has 0 bridgehead atoms. The van der Waals surface area contributed by atoms with E-state index >= 15 is 0 Å². The first-order valence-corrected chi connectivity index (χ1v) is 8.57. The molecule has 1 aliphatic carbocycles. The van der Waals surface area contributed by atoms with Gasteiger partial charge in [0.15, 0.2) is 0 Å². The Kier molecular flexibility index (Phi) is 5.37. The minimum Gasteiger partial charge on any atom is -0.481 e. The normalized spacial score (nSPS) is 19.0. The van der Waals surface area contributed by atoms with E-state index in [4.69, 9.17) is 4.74 Å². The van der Waals surface area contributed by atoms with Gasteiger partial charge in [-0.25, -0.2) is 0 Å². The maximum Gasteiger partial charge on any atom is 0.307 e. The zero-order valence-corrected chi connectivity index (χ0v) is 14.5. The highest BCUT2D eigenvalue weighted by molar-refractivity contribution is 5.95. The van der Waals surface area contributed by atoms with Gasteiger partial charge in [-0.3, -0.25) is 9.59 Å². The third-order valence-corrected chi connectivity index (χ3v) is 4.53. The number of hydrogen-bond acceptors (Lipinski definition) is 3. The molecule has 0 unspecified atom stereocenters. The van der Waals surface area contributed by atoms with Gasteiger partial charge in [0.05, 0.1) is 11.8 Å². The third-order valence-electron chi connectivity index (χ3n) is 4.53. The van der Waals surface area contributed by atoms with E-state index in [9.17, 15) is 14.7 Å². The van der Waals surface area contributed by atoms with Gasteiger partial charge in [0.2, 0.25) is 5.91 Å². The van der Waals surface area contributed by atoms with E-state index in [1.807, 2.05) is 43.3 Å². The average Bonchev–Trinajstić information content (AvgIpc) is 2.65. The molecule has 5 heteroatoms. The summed E-state index contributed by atoms with van der Waals surface area (Å²) in [6.45, 7) is 1.97. The fraction of sp³-hybridized carbons (Fsp3) is 0.238. The van der Waals surface area contributed by atoms with Gasteiger partial charge in [0.1, 0.15) is 11.5 Å². The van der Waals surface area contributed by atoms with Crippen molar-refractivity contribution in [2.75, 3.05) is 5.32 Å². The lowest BCUT2D eigenvalue weighted by atomic mass is 9.82. The molecule has 0 fully saturated rings. The monoisotopic (exact) mass is 351 g/mol. The minimum atomic E-state index is -0.934. The second kappa shape index (κ2) is 7.87. The average molecular weight is 351 g/mol. The van der Waals surface area contributed by atoms with Crippen molar-refractivity contribution in [1.82, 2.24) is 0 Å². The quantitative estimate of drug-likeness (QED) is 0.783. The fourth-order valence-corrected chi connectivity index (χ4v) is 3.02. The number of ether oxygens (including phenoxy) is 1. The van der Waals surface area contributed by atoms with E-state index in [0.717, 1.165) is 11.3 Å². The molecule has 5 nitrogen and oxygen atoms in total. The summed E-state index contributed by atoms with van der Waals surface area (Å²) in [5.74, 6) is -0.987. The number of allylic oxidation sites excluding steroid dienone is 2. The number of amides is 1. The van der Waals surface area contributed by atoms with Crippen molar-refractivity contribution in [3.05, 3.63) is 66.2 Å². The Morgan fingerprint density at radius 3 is 2.31 bits per heavy atom. The molecule has 2 aromatic carbocycles. The van der Waals surface area contributed by atoms with Crippen LogP contribution < -0.4 is 10.1 Å². The van der Waals surface area contributed by atoms with Crippen LogP contribution >= 0.6 is 0 Å². The molecule has 2 N–H and O–H groups in total. The number of aryl methyl sites for hydroxylation is 1. The number of anilines is 1. The molecule has 0 aliphatic heterocycles. The van der Waals surface area contributed by atoms with E-state index in [0.29, 0.717) is 24.3 Å². The number of para-hydroxylation sites is 1. The smallest absolute Gasteiger partial charge is 0.307 e. The van der Waals surface area contributed by atoms with Crippen LogP contribution in [-0.4, -0.2) is 17.0 Å². The lowest BCUT2D eigenvalue weighted by Crippen LogP contribution is -2.34. The molecule has 0 radical (unpaired) electrons. The highest BCUT2D eigenvalue weighted by Crippen LogP contribution is 2.29. The van der Waals surface area contributed by atoms with Crippen molar-refractivity contribution in [1.29, 1.82) is 0 Å². The number of carboxylic acids is 1. The van der Waals surface area contributed by atoms with E-state index in [-0.39, 0.29) is 5.91 Å². The molecule has 1 amide bonds. The molecule has 26 heavy (non-hydrogen) atoms. The summed E-state index contributed by atoms with van der Waals surface area (Å²) in [5, 5.41) is 12.1. The van der Waals surface area contributed by atoms with Crippen molar-refractivity contribution in [3.63, 3.8) is 0 Å². The van der Waals surface area contributed by atoms with Gasteiger partial charge in [-0.05, 0) is 55.7 Å². The molecule has 0 saturated heterocycles. The molecule has 0 aromatic heterocycles. The summed E-state index contributed by atoms with van der Waals surface area (Å²) >= 11 is 0. The van der Waals surface area contributed by atoms with Crippen LogP contribution in [0.5, 0.6) is 11.5 Å². The van der Waals surface area contributed by atoms with Crippen molar-refractivity contribution >= 4 is 17.6 Å². The van der Waals surface area contributed by atoms with Crippen molar-refractivity contribution in [2.45, 2.75) is 19.8 Å². The maximum absolute atomic E-state index is 12.5. The van der Waals surface area contributed by atoms with E-state index in [1.165, 1.54) is 0 Å². The van der Waals surface area contributed by atoms with Gasteiger partial charge in [0.25, 0.3) is 0 Å². The Morgan fingerprint density at radius 2 is 1.65 bits per heavy atom. The topological polar surface area (TPSA) is 75.6 Å². The van der Waals surface area contributed by atoms with Gasteiger partial charge in [-0.15, -0.1) is 0 Å². The van der Waals surface area contributed by atoms with Crippen LogP contribution in [0.2, 0.25) is 0 Å². The molecule has 0 saturated carbocycles. The molecular formula is C21H21NO4. The first-order chi connectivity index (χ1) is 12.5. The van der Waals surface area contributed by atoms with Crippen LogP contribution in [0.25, 0.3) is 0 Å². The summed E-state index contributed by atoms with van der Waals surface area (Å²) in [7, 11) is 0. The van der Waals surface area contributed by atoms with E-state index in [2.05, 4.69) is 5.32 Å². The number of carboxylic acid groups (broad SMARTS) is 1. The second-order valence-corrected chi connectivity index (χ2v) is 6.38. The maximum atomic E-state index is 12.5. The summed E-state index contributed by atoms with van der Waals surface area (Å²) < 4.78 is 5.83. The van der Waals surface area contributed by atoms with Crippen LogP contribution in [0.15, 0.2) is 60.7 Å². The van der Waals surface area contributed by atoms with Gasteiger partial charge in [0, 0.05) is 5.69 Å². The molecule has 3 rings (SSSR count). The highest BCUT2D eigenvalue weighted by Gasteiger charge is 2.33. The summed E-state index contributed by atoms with van der Waals surface area (Å²) in [5.41, 5.74) is 1.65. The fourth-order valence-electron chi connectivity index (χ4n) is 3.02. The largest absolute Gasteiger partial charge is 0.481 e. The second-order valence-electron chi connectivity index (χ2n) is 6.38. The lowest BCUT2D eigenvalue weighted by molar-refractivity contribution is -0.146. The Bertz CT molecular complexity index is 826. The Balaban J connectivity index is 1.65. The number of carbonyl (C=O) groups excluding carboxylic acids is 1. The first-order valence-electron chi connectivity index (χ1n) is 8.57. The Labute approximate surface area is 152 Å². The van der Waals surface area contributed by atoms with Crippen LogP contribution in [0.1, 0.15) is 18.4 Å². The SMILES string of the molecule is Cc1ccccc1Oc1ccc(NC(=O)[C@H]2CC=CC[C@@H]2C(=O)O)cc1. The zero-order valence-electron chi connectivity index (χ0n) is 14.5. The minimum absolute atomic E-state index is 0.269. The number of benzene rings is 2. The third kappa shape index (κ3) is 4.11. The zero-order chi connectivity index (χ0) is 18.5. The summed E-state index contributed by atoms with van der Waals surface area (Å²) in [4.78, 5) is 23.8. The van der Waals surface area contributed by atoms with Gasteiger partial charge >= 0.3 is 5.97 Å². The summed E-state index contributed by atoms with van der Waals surface area (Å²) in [6.07, 6.45) is 4.51. The Morgan fingerprint density at radius 1 is 1.00 bits per heavy atom. The highest BCUT2D eigenvalue weighted by atomic mass is 16.5. The van der Waals surface area contributed by atoms with Crippen LogP contribution in [0.3, 0.4) is 0 Å². The van der Waals surface area contributed by atoms with Crippen molar-refractivity contribution < 1.29 is 19.4 Å². The van der Waals surface area contributed by atoms with Gasteiger partial charge in [-0.1, -0.05) is 30.4 Å². The number of hydrogen-bond donors (Lipinski definition) is 2. The van der Waals surface area contributed by atoms with Crippen LogP contribution in [0, 0.1) is 18.8 Å². The molecule has 2 aromatic rings. The molecule has 0 spiro atoms. The van der Waals surface area contributed by atoms with Crippen molar-refractivity contribution in [2.24, 2.45) is 11.8 Å². The molecule has 1 aliphatic rings. The first kappa shape index (κ1) is 17.7. The Hall–Kier alpha value is -3.08. The van der Waals surface area contributed by atoms with Gasteiger partial charge < -0.3 is 15.2 Å². The predicted octanol–water partition coefficient (Wildman–Crippen LogP) is 4.39. The van der Waals surface area contributed by atoms with Gasteiger partial charge in [-0.2, -0.15) is 0 Å². The predicted molar refractivity (Wildman–Crippen MR) is 99.3 cm³/mol. The summed E-state index contributed by atoms with van der Waals surface area (Å²) in [6, 6.07) is 14.8. The van der Waals surface area contributed by atoms with Crippen LogP contribution in [0.4, 0.5) is 5.69 Å². The van der Waals surface area contributed by atoms with Crippen molar-refractivity contribution in [3.8, 4) is 11.5 Å². The number of aliphatic carboxylic acids is 1. The number of nitrogens with one attached hydrogen (secondary N) is 1. The number of carbonyl (C=O) groups is 2. The molecular weight excluding hydrogens is 330 g/mol. The number of rotatable bonds is 5. The molecule has 134 valence electrons. The van der Waals surface area contributed by atoms with Crippen LogP contribution in [-0.2, 0) is 9.59 Å². The molecule has 0 heterocycles. The molecule has 2 atom stereocenters. The standard InChI is InChI=1S/C21H21NO4/c1-14-6-2-5-9-19(14)26-16-12-10-15(11-13-16)22-20(23)17-7-3-4-8-18(17)21(24)25/h2-6,9-13,17-18H,7-8H2,1H3,(H,22,23)(H,24,25)/t17-,18-/m0/s1.